The van der Waals surface area contributed by atoms with Crippen LogP contribution >= 0.6 is 15.9 Å². The molecule has 0 aliphatic carbocycles. The van der Waals surface area contributed by atoms with E-state index in [1.807, 2.05) is 24.3 Å². The number of nitrogens with zero attached hydrogens (tertiary/aromatic N) is 1. The molecule has 0 aliphatic rings. The first-order valence-electron chi connectivity index (χ1n) is 5.44. The van der Waals surface area contributed by atoms with Gasteiger partial charge < -0.3 is 5.73 Å². The SMILES string of the molecule is Nc1cccnc1S(=O)(=O)NCc1ccccc1Br. The highest BCUT2D eigenvalue weighted by Crippen LogP contribution is 2.18. The number of nitrogen functional groups attached to an aromatic ring is 1. The lowest BCUT2D eigenvalue weighted by Crippen LogP contribution is -2.25. The summed E-state index contributed by atoms with van der Waals surface area (Å²) >= 11 is 3.36. The van der Waals surface area contributed by atoms with E-state index in [9.17, 15) is 8.42 Å². The lowest BCUT2D eigenvalue weighted by atomic mass is 10.2. The third-order valence-corrected chi connectivity index (χ3v) is 4.61. The van der Waals surface area contributed by atoms with Gasteiger partial charge in [0.2, 0.25) is 0 Å². The minimum atomic E-state index is -3.71. The zero-order valence-corrected chi connectivity index (χ0v) is 12.3. The van der Waals surface area contributed by atoms with Crippen LogP contribution in [0.5, 0.6) is 0 Å². The Kier molecular flexibility index (Phi) is 4.18. The molecule has 0 fully saturated rings. The lowest BCUT2D eigenvalue weighted by Gasteiger charge is -2.08. The van der Waals surface area contributed by atoms with Gasteiger partial charge in [-0.25, -0.2) is 18.1 Å². The first kappa shape index (κ1) is 14.0. The van der Waals surface area contributed by atoms with Crippen molar-refractivity contribution in [2.75, 3.05) is 5.73 Å². The fraction of sp³-hybridized carbons (Fsp3) is 0.0833. The summed E-state index contributed by atoms with van der Waals surface area (Å²) in [5, 5.41) is -0.151. The maximum Gasteiger partial charge on any atom is 0.260 e. The fourth-order valence-corrected chi connectivity index (χ4v) is 3.00. The summed E-state index contributed by atoms with van der Waals surface area (Å²) in [4.78, 5) is 3.80. The van der Waals surface area contributed by atoms with Gasteiger partial charge in [-0.1, -0.05) is 34.1 Å². The number of nitrogens with two attached hydrogens (primary N) is 1. The molecule has 0 aliphatic heterocycles. The maximum absolute atomic E-state index is 12.1. The molecular weight excluding hydrogens is 330 g/mol. The average Bonchev–Trinajstić information content (AvgIpc) is 2.38. The van der Waals surface area contributed by atoms with E-state index in [0.717, 1.165) is 10.0 Å². The molecule has 0 spiro atoms. The first-order valence-corrected chi connectivity index (χ1v) is 7.72. The van der Waals surface area contributed by atoms with Crippen LogP contribution in [0.25, 0.3) is 0 Å². The molecule has 0 bridgehead atoms. The zero-order chi connectivity index (χ0) is 13.9. The van der Waals surface area contributed by atoms with Crippen molar-refractivity contribution in [2.24, 2.45) is 0 Å². The van der Waals surface area contributed by atoms with Crippen molar-refractivity contribution in [3.05, 3.63) is 52.6 Å². The van der Waals surface area contributed by atoms with Gasteiger partial charge in [-0.15, -0.1) is 0 Å². The molecule has 0 amide bonds. The Morgan fingerprint density at radius 3 is 2.63 bits per heavy atom. The van der Waals surface area contributed by atoms with E-state index < -0.39 is 10.0 Å². The van der Waals surface area contributed by atoms with Crippen LogP contribution in [0.3, 0.4) is 0 Å². The van der Waals surface area contributed by atoms with E-state index in [0.29, 0.717) is 0 Å². The van der Waals surface area contributed by atoms with E-state index in [2.05, 4.69) is 25.6 Å². The van der Waals surface area contributed by atoms with Crippen molar-refractivity contribution < 1.29 is 8.42 Å². The molecule has 0 radical (unpaired) electrons. The van der Waals surface area contributed by atoms with Crippen molar-refractivity contribution in [2.45, 2.75) is 11.6 Å². The molecular formula is C12H12BrN3O2S. The lowest BCUT2D eigenvalue weighted by molar-refractivity contribution is 0.578. The predicted octanol–water partition coefficient (Wildman–Crippen LogP) is 1.90. The molecule has 1 heterocycles. The number of hydrogen-bond acceptors (Lipinski definition) is 4. The Balaban J connectivity index is 2.20. The standard InChI is InChI=1S/C12H12BrN3O2S/c13-10-5-2-1-4-9(10)8-16-19(17,18)12-11(14)6-3-7-15-12/h1-7,16H,8,14H2. The number of pyridine rings is 1. The normalized spacial score (nSPS) is 11.4. The molecule has 5 nitrogen and oxygen atoms in total. The van der Waals surface area contributed by atoms with Crippen molar-refractivity contribution in [1.82, 2.24) is 9.71 Å². The van der Waals surface area contributed by atoms with Gasteiger partial charge in [0.05, 0.1) is 5.69 Å². The Labute approximate surface area is 120 Å². The zero-order valence-electron chi connectivity index (χ0n) is 9.88. The number of nitrogens with one attached hydrogen (secondary N) is 1. The van der Waals surface area contributed by atoms with E-state index >= 15 is 0 Å². The van der Waals surface area contributed by atoms with Crippen LogP contribution in [0.2, 0.25) is 0 Å². The van der Waals surface area contributed by atoms with Gasteiger partial charge in [0.15, 0.2) is 5.03 Å². The van der Waals surface area contributed by atoms with Gasteiger partial charge in [-0.3, -0.25) is 0 Å². The summed E-state index contributed by atoms with van der Waals surface area (Å²) in [6.07, 6.45) is 1.39. The number of aromatic nitrogens is 1. The summed E-state index contributed by atoms with van der Waals surface area (Å²) in [6, 6.07) is 10.5. The van der Waals surface area contributed by atoms with E-state index in [1.165, 1.54) is 12.3 Å². The summed E-state index contributed by atoms with van der Waals surface area (Å²) < 4.78 is 27.4. The topological polar surface area (TPSA) is 85.1 Å². The number of rotatable bonds is 4. The molecule has 2 rings (SSSR count). The number of sulfonamides is 1. The molecule has 1 aromatic heterocycles. The van der Waals surface area contributed by atoms with Crippen LogP contribution in [0.4, 0.5) is 5.69 Å². The van der Waals surface area contributed by atoms with Crippen LogP contribution < -0.4 is 10.5 Å². The van der Waals surface area contributed by atoms with Gasteiger partial charge in [0.25, 0.3) is 10.0 Å². The highest BCUT2D eigenvalue weighted by molar-refractivity contribution is 9.10. The van der Waals surface area contributed by atoms with E-state index in [1.54, 1.807) is 6.07 Å². The van der Waals surface area contributed by atoms with Gasteiger partial charge in [-0.05, 0) is 23.8 Å². The molecule has 7 heteroatoms. The van der Waals surface area contributed by atoms with Gasteiger partial charge in [0.1, 0.15) is 0 Å². The van der Waals surface area contributed by atoms with Crippen LogP contribution in [0.1, 0.15) is 5.56 Å². The second-order valence-corrected chi connectivity index (χ2v) is 6.35. The molecule has 0 saturated carbocycles. The first-order chi connectivity index (χ1) is 9.00. The Morgan fingerprint density at radius 2 is 1.95 bits per heavy atom. The van der Waals surface area contributed by atoms with Crippen molar-refractivity contribution in [1.29, 1.82) is 0 Å². The molecule has 3 N–H and O–H groups in total. The highest BCUT2D eigenvalue weighted by atomic mass is 79.9. The van der Waals surface area contributed by atoms with Gasteiger partial charge >= 0.3 is 0 Å². The third kappa shape index (κ3) is 3.31. The Bertz CT molecular complexity index is 689. The summed E-state index contributed by atoms with van der Waals surface area (Å²) in [6.45, 7) is 0.166. The molecule has 19 heavy (non-hydrogen) atoms. The largest absolute Gasteiger partial charge is 0.396 e. The molecule has 0 saturated heterocycles. The van der Waals surface area contributed by atoms with Crippen LogP contribution in [-0.2, 0) is 16.6 Å². The average molecular weight is 342 g/mol. The minimum absolute atomic E-state index is 0.127. The predicted molar refractivity (Wildman–Crippen MR) is 76.8 cm³/mol. The second kappa shape index (κ2) is 5.68. The smallest absolute Gasteiger partial charge is 0.260 e. The molecule has 0 unspecified atom stereocenters. The maximum atomic E-state index is 12.1. The quantitative estimate of drug-likeness (QED) is 0.889. The highest BCUT2D eigenvalue weighted by Gasteiger charge is 2.18. The molecule has 0 atom stereocenters. The fourth-order valence-electron chi connectivity index (χ4n) is 1.51. The minimum Gasteiger partial charge on any atom is -0.396 e. The number of hydrogen-bond donors (Lipinski definition) is 2. The molecule has 1 aromatic carbocycles. The monoisotopic (exact) mass is 341 g/mol. The summed E-state index contributed by atoms with van der Waals surface area (Å²) in [7, 11) is -3.71. The van der Waals surface area contributed by atoms with Crippen LogP contribution in [0.15, 0.2) is 52.1 Å². The van der Waals surface area contributed by atoms with Crippen molar-refractivity contribution >= 4 is 31.6 Å². The van der Waals surface area contributed by atoms with Gasteiger partial charge in [0, 0.05) is 17.2 Å². The summed E-state index contributed by atoms with van der Waals surface area (Å²) in [5.41, 5.74) is 6.58. The number of benzene rings is 1. The van der Waals surface area contributed by atoms with E-state index in [4.69, 9.17) is 5.73 Å². The summed E-state index contributed by atoms with van der Waals surface area (Å²) in [5.74, 6) is 0. The van der Waals surface area contributed by atoms with Crippen LogP contribution in [-0.4, -0.2) is 13.4 Å². The Morgan fingerprint density at radius 1 is 1.21 bits per heavy atom. The number of halogens is 1. The third-order valence-electron chi connectivity index (χ3n) is 2.47. The van der Waals surface area contributed by atoms with Crippen molar-refractivity contribution in [3.8, 4) is 0 Å². The van der Waals surface area contributed by atoms with Crippen LogP contribution in [0, 0.1) is 0 Å². The van der Waals surface area contributed by atoms with Gasteiger partial charge in [-0.2, -0.15) is 0 Å². The molecule has 100 valence electrons. The van der Waals surface area contributed by atoms with Crippen molar-refractivity contribution in [3.63, 3.8) is 0 Å². The molecule has 2 aromatic rings. The Hall–Kier alpha value is -1.44. The number of anilines is 1. The van der Waals surface area contributed by atoms with E-state index in [-0.39, 0.29) is 17.3 Å². The second-order valence-electron chi connectivity index (χ2n) is 3.81.